The van der Waals surface area contributed by atoms with Gasteiger partial charge in [-0.05, 0) is 91.6 Å². The highest BCUT2D eigenvalue weighted by Gasteiger charge is 2.25. The van der Waals surface area contributed by atoms with E-state index >= 15 is 0 Å². The van der Waals surface area contributed by atoms with Crippen molar-refractivity contribution in [1.82, 2.24) is 14.5 Å². The highest BCUT2D eigenvalue weighted by atomic mass is 79.9. The quantitative estimate of drug-likeness (QED) is 0.578. The Labute approximate surface area is 184 Å². The number of piperidine rings is 1. The Morgan fingerprint density at radius 2 is 2.00 bits per heavy atom. The number of Topliss-reactive ketones (excluding diaryl/α,β-unsaturated/α-hetero) is 1. The fraction of sp³-hybridized carbons (Fsp3) is 0.348. The van der Waals surface area contributed by atoms with Gasteiger partial charge in [-0.1, -0.05) is 0 Å². The molecule has 154 valence electrons. The molecule has 1 fully saturated rings. The van der Waals surface area contributed by atoms with Crippen LogP contribution in [-0.2, 0) is 0 Å². The second kappa shape index (κ2) is 8.68. The number of benzene rings is 1. The first-order chi connectivity index (χ1) is 14.5. The van der Waals surface area contributed by atoms with Gasteiger partial charge in [0.05, 0.1) is 34.8 Å². The first-order valence-corrected chi connectivity index (χ1v) is 10.9. The maximum Gasteiger partial charge on any atom is 0.180 e. The maximum atomic E-state index is 13.4. The molecule has 0 aliphatic carbocycles. The van der Waals surface area contributed by atoms with Crippen LogP contribution in [0.1, 0.15) is 34.5 Å². The lowest BCUT2D eigenvalue weighted by Crippen LogP contribution is -2.39. The first-order valence-electron chi connectivity index (χ1n) is 10.1. The van der Waals surface area contributed by atoms with Gasteiger partial charge in [0.1, 0.15) is 0 Å². The van der Waals surface area contributed by atoms with Gasteiger partial charge >= 0.3 is 0 Å². The summed E-state index contributed by atoms with van der Waals surface area (Å²) in [6.45, 7) is 4.88. The summed E-state index contributed by atoms with van der Waals surface area (Å²) < 4.78 is 2.90. The third-order valence-electron chi connectivity index (χ3n) is 5.95. The number of hydrogen-bond donors (Lipinski definition) is 1. The number of aromatic nitrogens is 2. The fourth-order valence-corrected chi connectivity index (χ4v) is 4.59. The third kappa shape index (κ3) is 3.91. The molecule has 2 aromatic heterocycles. The number of nitrogens with two attached hydrogens (primary N) is 1. The van der Waals surface area contributed by atoms with E-state index in [1.165, 1.54) is 0 Å². The summed E-state index contributed by atoms with van der Waals surface area (Å²) in [6.07, 6.45) is 3.82. The van der Waals surface area contributed by atoms with Gasteiger partial charge in [-0.25, -0.2) is 0 Å². The van der Waals surface area contributed by atoms with E-state index in [1.807, 2.05) is 29.7 Å². The van der Waals surface area contributed by atoms with E-state index < -0.39 is 0 Å². The molecule has 1 aromatic carbocycles. The van der Waals surface area contributed by atoms with Crippen LogP contribution in [-0.4, -0.2) is 46.4 Å². The first kappa shape index (κ1) is 20.7. The highest BCUT2D eigenvalue weighted by Crippen LogP contribution is 2.30. The summed E-state index contributed by atoms with van der Waals surface area (Å²) >= 11 is 3.50. The van der Waals surface area contributed by atoms with Crippen molar-refractivity contribution in [2.24, 2.45) is 11.7 Å². The lowest BCUT2D eigenvalue weighted by atomic mass is 9.96. The van der Waals surface area contributed by atoms with Crippen molar-refractivity contribution in [2.45, 2.75) is 19.8 Å². The molecule has 0 unspecified atom stereocenters. The topological polar surface area (TPSA) is 87.9 Å². The zero-order chi connectivity index (χ0) is 21.3. The molecule has 0 atom stereocenters. The number of carbonyl (C=O) groups is 1. The molecule has 0 saturated carbocycles. The predicted molar refractivity (Wildman–Crippen MR) is 121 cm³/mol. The molecule has 3 heterocycles. The van der Waals surface area contributed by atoms with Gasteiger partial charge < -0.3 is 10.3 Å². The summed E-state index contributed by atoms with van der Waals surface area (Å²) in [6, 6.07) is 11.5. The number of likely N-dealkylation sites (tertiary alicyclic amines) is 1. The van der Waals surface area contributed by atoms with E-state index in [2.05, 4.69) is 31.9 Å². The number of fused-ring (bicyclic) bond motifs is 1. The van der Waals surface area contributed by atoms with Crippen LogP contribution in [0.25, 0.3) is 16.7 Å². The number of nitriles is 1. The number of pyridine rings is 1. The Hall–Kier alpha value is -2.53. The number of ketones is 1. The third-order valence-corrected chi connectivity index (χ3v) is 6.38. The largest absolute Gasteiger partial charge is 0.330 e. The van der Waals surface area contributed by atoms with Crippen molar-refractivity contribution in [1.29, 1.82) is 5.26 Å². The van der Waals surface area contributed by atoms with Crippen LogP contribution in [0.4, 0.5) is 0 Å². The normalized spacial score (nSPS) is 15.4. The lowest BCUT2D eigenvalue weighted by Gasteiger charge is -2.30. The van der Waals surface area contributed by atoms with Crippen LogP contribution in [0.2, 0.25) is 0 Å². The summed E-state index contributed by atoms with van der Waals surface area (Å²) in [7, 11) is 0. The second-order valence-corrected chi connectivity index (χ2v) is 8.77. The van der Waals surface area contributed by atoms with Crippen molar-refractivity contribution in [3.63, 3.8) is 0 Å². The minimum atomic E-state index is 0.0888. The van der Waals surface area contributed by atoms with Crippen molar-refractivity contribution >= 4 is 32.7 Å². The second-order valence-electron chi connectivity index (χ2n) is 7.85. The van der Waals surface area contributed by atoms with Gasteiger partial charge in [0.25, 0.3) is 0 Å². The van der Waals surface area contributed by atoms with Crippen LogP contribution in [0.15, 0.2) is 41.0 Å². The van der Waals surface area contributed by atoms with Gasteiger partial charge in [-0.15, -0.1) is 0 Å². The number of halogens is 1. The van der Waals surface area contributed by atoms with E-state index in [0.717, 1.165) is 53.8 Å². The van der Waals surface area contributed by atoms with Crippen LogP contribution in [0.3, 0.4) is 0 Å². The Kier molecular flexibility index (Phi) is 6.00. The monoisotopic (exact) mass is 465 g/mol. The molecular weight excluding hydrogens is 442 g/mol. The van der Waals surface area contributed by atoms with E-state index in [0.29, 0.717) is 29.1 Å². The van der Waals surface area contributed by atoms with Gasteiger partial charge in [-0.3, -0.25) is 14.7 Å². The summed E-state index contributed by atoms with van der Waals surface area (Å²) in [5.74, 6) is 0.654. The molecule has 1 saturated heterocycles. The average molecular weight is 466 g/mol. The van der Waals surface area contributed by atoms with Crippen molar-refractivity contribution in [3.05, 3.63) is 57.8 Å². The molecule has 7 heteroatoms. The van der Waals surface area contributed by atoms with Gasteiger partial charge in [-0.2, -0.15) is 5.26 Å². The molecule has 0 bridgehead atoms. The van der Waals surface area contributed by atoms with Crippen LogP contribution < -0.4 is 5.73 Å². The molecule has 1 aliphatic rings. The molecule has 3 aromatic rings. The number of rotatable bonds is 5. The molecule has 30 heavy (non-hydrogen) atoms. The van der Waals surface area contributed by atoms with Gasteiger partial charge in [0.2, 0.25) is 0 Å². The lowest BCUT2D eigenvalue weighted by molar-refractivity contribution is 0.0898. The minimum Gasteiger partial charge on any atom is -0.330 e. The molecule has 4 rings (SSSR count). The van der Waals surface area contributed by atoms with Crippen molar-refractivity contribution in [2.75, 3.05) is 26.2 Å². The van der Waals surface area contributed by atoms with Crippen LogP contribution in [0.5, 0.6) is 0 Å². The van der Waals surface area contributed by atoms with E-state index in [1.54, 1.807) is 18.3 Å². The highest BCUT2D eigenvalue weighted by molar-refractivity contribution is 9.10. The summed E-state index contributed by atoms with van der Waals surface area (Å²) in [4.78, 5) is 20.2. The molecule has 0 spiro atoms. The fourth-order valence-electron chi connectivity index (χ4n) is 4.27. The molecule has 0 amide bonds. The smallest absolute Gasteiger partial charge is 0.180 e. The molecular formula is C23H24BrN5O. The zero-order valence-corrected chi connectivity index (χ0v) is 18.5. The zero-order valence-electron chi connectivity index (χ0n) is 16.9. The average Bonchev–Trinajstić information content (AvgIpc) is 3.05. The molecule has 6 nitrogen and oxygen atoms in total. The Morgan fingerprint density at radius 3 is 2.63 bits per heavy atom. The number of carbonyl (C=O) groups excluding carboxylic acids is 1. The minimum absolute atomic E-state index is 0.0888. The number of hydrogen-bond acceptors (Lipinski definition) is 5. The summed E-state index contributed by atoms with van der Waals surface area (Å²) in [5, 5.41) is 9.10. The van der Waals surface area contributed by atoms with Crippen molar-refractivity contribution < 1.29 is 4.79 Å². The summed E-state index contributed by atoms with van der Waals surface area (Å²) in [5.41, 5.74) is 10.4. The maximum absolute atomic E-state index is 13.4. The van der Waals surface area contributed by atoms with Gasteiger partial charge in [0.15, 0.2) is 5.78 Å². The Balaban J connectivity index is 1.72. The van der Waals surface area contributed by atoms with E-state index in [4.69, 9.17) is 11.0 Å². The molecule has 2 N–H and O–H groups in total. The van der Waals surface area contributed by atoms with Crippen LogP contribution >= 0.6 is 15.9 Å². The van der Waals surface area contributed by atoms with Crippen molar-refractivity contribution in [3.8, 4) is 11.8 Å². The molecule has 1 aliphatic heterocycles. The Bertz CT molecular complexity index is 1120. The van der Waals surface area contributed by atoms with Gasteiger partial charge in [0, 0.05) is 22.1 Å². The van der Waals surface area contributed by atoms with E-state index in [9.17, 15) is 4.79 Å². The standard InChI is InChI=1S/C23H24BrN5O/c1-15-22(21(30)14-28-8-6-17(12-26)7-9-28)23-20(10-18(24)13-27-23)29(15)19-4-2-16(11-25)3-5-19/h2-5,10,13,17H,6-9,12,14,26H2,1H3. The predicted octanol–water partition coefficient (Wildman–Crippen LogP) is 3.82. The molecule has 0 radical (unpaired) electrons. The van der Waals surface area contributed by atoms with Crippen LogP contribution in [0, 0.1) is 24.2 Å². The Morgan fingerprint density at radius 1 is 1.30 bits per heavy atom. The SMILES string of the molecule is Cc1c(C(=O)CN2CCC(CN)CC2)c2ncc(Br)cc2n1-c1ccc(C#N)cc1. The van der Waals surface area contributed by atoms with E-state index in [-0.39, 0.29) is 5.78 Å². The number of nitrogens with zero attached hydrogens (tertiary/aromatic N) is 4.